The Balaban J connectivity index is 2.45. The molecule has 0 aliphatic carbocycles. The summed E-state index contributed by atoms with van der Waals surface area (Å²) >= 11 is 0. The summed E-state index contributed by atoms with van der Waals surface area (Å²) in [6.45, 7) is 3.07. The SMILES string of the molecule is C#C[C@H](O)CCCc1c(S(=O)(=O)N=C)cn(C)c1C(=O)Nc1ccc(F)c(C#N)c1. The van der Waals surface area contributed by atoms with E-state index in [1.54, 1.807) is 6.07 Å². The average Bonchev–Trinajstić information content (AvgIpc) is 3.06. The van der Waals surface area contributed by atoms with Crippen molar-refractivity contribution in [2.75, 3.05) is 5.32 Å². The van der Waals surface area contributed by atoms with Gasteiger partial charge in [0.2, 0.25) is 0 Å². The van der Waals surface area contributed by atoms with Gasteiger partial charge in [0.05, 0.1) is 5.56 Å². The van der Waals surface area contributed by atoms with Crippen molar-refractivity contribution in [1.82, 2.24) is 4.57 Å². The van der Waals surface area contributed by atoms with Gasteiger partial charge in [-0.15, -0.1) is 6.42 Å². The summed E-state index contributed by atoms with van der Waals surface area (Å²) in [5.74, 6) is 0.775. The first-order chi connectivity index (χ1) is 14.1. The molecule has 1 aromatic carbocycles. The van der Waals surface area contributed by atoms with Crippen LogP contribution in [0.4, 0.5) is 10.1 Å². The Labute approximate surface area is 173 Å². The Morgan fingerprint density at radius 2 is 2.20 bits per heavy atom. The second-order valence-corrected chi connectivity index (χ2v) is 8.02. The molecule has 0 spiro atoms. The monoisotopic (exact) mass is 430 g/mol. The number of aliphatic hydroxyl groups excluding tert-OH is 1. The van der Waals surface area contributed by atoms with Crippen molar-refractivity contribution < 1.29 is 22.7 Å². The van der Waals surface area contributed by atoms with E-state index in [9.17, 15) is 22.7 Å². The molecule has 1 heterocycles. The van der Waals surface area contributed by atoms with Gasteiger partial charge in [-0.1, -0.05) is 5.92 Å². The van der Waals surface area contributed by atoms with Gasteiger partial charge in [-0.25, -0.2) is 4.39 Å². The van der Waals surface area contributed by atoms with Crippen molar-refractivity contribution >= 4 is 28.3 Å². The van der Waals surface area contributed by atoms with E-state index in [1.807, 2.05) is 0 Å². The number of aliphatic hydroxyl groups is 1. The van der Waals surface area contributed by atoms with Gasteiger partial charge in [-0.2, -0.15) is 18.1 Å². The molecule has 2 aromatic rings. The summed E-state index contributed by atoms with van der Waals surface area (Å²) in [4.78, 5) is 12.7. The summed E-state index contributed by atoms with van der Waals surface area (Å²) in [6.07, 6.45) is 6.03. The number of carbonyl (C=O) groups is 1. The van der Waals surface area contributed by atoms with Gasteiger partial charge in [-0.05, 0) is 37.5 Å². The number of nitrogens with zero attached hydrogens (tertiary/aromatic N) is 3. The fourth-order valence-electron chi connectivity index (χ4n) is 2.91. The lowest BCUT2D eigenvalue weighted by atomic mass is 10.1. The van der Waals surface area contributed by atoms with Crippen molar-refractivity contribution in [3.63, 3.8) is 0 Å². The molecule has 2 N–H and O–H groups in total. The van der Waals surface area contributed by atoms with E-state index in [4.69, 9.17) is 11.7 Å². The van der Waals surface area contributed by atoms with Crippen LogP contribution in [0.1, 0.15) is 34.5 Å². The van der Waals surface area contributed by atoms with Crippen molar-refractivity contribution in [2.24, 2.45) is 11.4 Å². The number of anilines is 1. The Kier molecular flexibility index (Phi) is 7.11. The number of terminal acetylenes is 1. The highest BCUT2D eigenvalue weighted by Crippen LogP contribution is 2.27. The van der Waals surface area contributed by atoms with Crippen molar-refractivity contribution in [2.45, 2.75) is 30.3 Å². The summed E-state index contributed by atoms with van der Waals surface area (Å²) in [5, 5.41) is 21.0. The maximum absolute atomic E-state index is 13.5. The number of hydrogen-bond acceptors (Lipinski definition) is 5. The van der Waals surface area contributed by atoms with Gasteiger partial charge in [0, 0.05) is 31.2 Å². The zero-order valence-corrected chi connectivity index (χ0v) is 16.9. The highest BCUT2D eigenvalue weighted by atomic mass is 32.2. The van der Waals surface area contributed by atoms with E-state index in [1.165, 1.54) is 29.9 Å². The summed E-state index contributed by atoms with van der Waals surface area (Å²) < 4.78 is 42.6. The number of rotatable bonds is 8. The Bertz CT molecular complexity index is 1170. The first-order valence-electron chi connectivity index (χ1n) is 8.71. The van der Waals surface area contributed by atoms with Crippen LogP contribution in [0.25, 0.3) is 0 Å². The smallest absolute Gasteiger partial charge is 0.283 e. The molecule has 0 fully saturated rings. The Morgan fingerprint density at radius 3 is 2.80 bits per heavy atom. The topological polar surface area (TPSA) is 125 Å². The van der Waals surface area contributed by atoms with Crippen molar-refractivity contribution in [3.8, 4) is 18.4 Å². The molecule has 0 saturated heterocycles. The third kappa shape index (κ3) is 4.92. The molecule has 156 valence electrons. The number of nitriles is 1. The number of nitrogens with one attached hydrogen (secondary N) is 1. The minimum Gasteiger partial charge on any atom is -0.380 e. The van der Waals surface area contributed by atoms with Crippen LogP contribution in [0, 0.1) is 29.5 Å². The predicted octanol–water partition coefficient (Wildman–Crippen LogP) is 1.99. The largest absolute Gasteiger partial charge is 0.380 e. The molecule has 0 aliphatic rings. The quantitative estimate of drug-likeness (QED) is 0.490. The van der Waals surface area contributed by atoms with Gasteiger partial charge in [0.15, 0.2) is 0 Å². The molecule has 30 heavy (non-hydrogen) atoms. The van der Waals surface area contributed by atoms with Crippen LogP contribution in [-0.4, -0.2) is 36.8 Å². The second kappa shape index (κ2) is 9.35. The van der Waals surface area contributed by atoms with E-state index >= 15 is 0 Å². The molecule has 0 bridgehead atoms. The number of halogens is 1. The van der Waals surface area contributed by atoms with Crippen LogP contribution in [0.15, 0.2) is 33.7 Å². The van der Waals surface area contributed by atoms with Gasteiger partial charge >= 0.3 is 0 Å². The Hall–Kier alpha value is -3.47. The van der Waals surface area contributed by atoms with Crippen LogP contribution in [0.3, 0.4) is 0 Å². The van der Waals surface area contributed by atoms with Crippen LogP contribution in [-0.2, 0) is 23.5 Å². The van der Waals surface area contributed by atoms with Crippen LogP contribution in [0.5, 0.6) is 0 Å². The standard InChI is InChI=1S/C20H19FN4O4S/c1-4-15(26)6-5-7-16-18(30(28,29)23-2)12-25(3)19(16)20(27)24-14-8-9-17(21)13(10-14)11-22/h1,8-10,12,15,26H,2,5-7H2,3H3,(H,24,27)/t15-/m0/s1. The number of carbonyl (C=O) groups excluding carboxylic acids is 1. The highest BCUT2D eigenvalue weighted by molar-refractivity contribution is 7.90. The lowest BCUT2D eigenvalue weighted by Gasteiger charge is -2.11. The molecule has 0 saturated carbocycles. The summed E-state index contributed by atoms with van der Waals surface area (Å²) in [5.41, 5.74) is 0.144. The molecule has 1 amide bonds. The van der Waals surface area contributed by atoms with E-state index < -0.39 is 27.9 Å². The predicted molar refractivity (Wildman–Crippen MR) is 109 cm³/mol. The molecule has 0 radical (unpaired) electrons. The molecule has 1 aromatic heterocycles. The van der Waals surface area contributed by atoms with E-state index in [0.29, 0.717) is 6.42 Å². The zero-order valence-electron chi connectivity index (χ0n) is 16.1. The Morgan fingerprint density at radius 1 is 1.50 bits per heavy atom. The summed E-state index contributed by atoms with van der Waals surface area (Å²) in [7, 11) is -2.60. The molecule has 0 unspecified atom stereocenters. The van der Waals surface area contributed by atoms with E-state index in [0.717, 1.165) is 6.07 Å². The number of benzene rings is 1. The van der Waals surface area contributed by atoms with Gasteiger partial charge in [0.1, 0.15) is 28.6 Å². The van der Waals surface area contributed by atoms with Crippen LogP contribution < -0.4 is 5.32 Å². The third-order valence-electron chi connectivity index (χ3n) is 4.35. The van der Waals surface area contributed by atoms with Crippen molar-refractivity contribution in [1.29, 1.82) is 5.26 Å². The first kappa shape index (κ1) is 22.8. The maximum atomic E-state index is 13.5. The lowest BCUT2D eigenvalue weighted by molar-refractivity contribution is 0.101. The van der Waals surface area contributed by atoms with Crippen LogP contribution in [0.2, 0.25) is 0 Å². The minimum absolute atomic E-state index is 0.0373. The number of aryl methyl sites for hydroxylation is 1. The molecule has 2 rings (SSSR count). The second-order valence-electron chi connectivity index (χ2n) is 6.37. The minimum atomic E-state index is -4.09. The van der Waals surface area contributed by atoms with Gasteiger partial charge in [-0.3, -0.25) is 4.79 Å². The molecule has 0 aliphatic heterocycles. The molecular weight excluding hydrogens is 411 g/mol. The van der Waals surface area contributed by atoms with E-state index in [-0.39, 0.29) is 40.2 Å². The average molecular weight is 430 g/mol. The van der Waals surface area contributed by atoms with Crippen molar-refractivity contribution in [3.05, 3.63) is 47.0 Å². The zero-order chi connectivity index (χ0) is 22.5. The molecule has 1 atom stereocenters. The van der Waals surface area contributed by atoms with Gasteiger partial charge < -0.3 is 15.0 Å². The number of aromatic nitrogens is 1. The maximum Gasteiger partial charge on any atom is 0.283 e. The molecule has 8 nitrogen and oxygen atoms in total. The fourth-order valence-corrected chi connectivity index (χ4v) is 3.85. The number of hydrogen-bond donors (Lipinski definition) is 2. The van der Waals surface area contributed by atoms with Gasteiger partial charge in [0.25, 0.3) is 15.9 Å². The lowest BCUT2D eigenvalue weighted by Crippen LogP contribution is -2.18. The molecule has 10 heteroatoms. The summed E-state index contributed by atoms with van der Waals surface area (Å²) in [6, 6.07) is 5.17. The van der Waals surface area contributed by atoms with E-state index in [2.05, 4.69) is 22.4 Å². The third-order valence-corrected chi connectivity index (χ3v) is 5.60. The number of sulfonamides is 1. The normalized spacial score (nSPS) is 11.9. The highest BCUT2D eigenvalue weighted by Gasteiger charge is 2.27. The molecular formula is C20H19FN4O4S. The first-order valence-corrected chi connectivity index (χ1v) is 10.1. The number of amides is 1. The van der Waals surface area contributed by atoms with Crippen LogP contribution >= 0.6 is 0 Å². The fraction of sp³-hybridized carbons (Fsp3) is 0.250.